The van der Waals surface area contributed by atoms with Crippen molar-refractivity contribution in [3.63, 3.8) is 0 Å². The molecule has 0 spiro atoms. The van der Waals surface area contributed by atoms with Crippen molar-refractivity contribution in [3.05, 3.63) is 76.3 Å². The lowest BCUT2D eigenvalue weighted by atomic mass is 9.77. The molecule has 0 aromatic heterocycles. The van der Waals surface area contributed by atoms with Gasteiger partial charge < -0.3 is 25.2 Å². The standard InChI is InChI=1S/C27H31ClN2O5/c1-16(2)13-23(32)30(15-17-7-9-18(28)10-8-17)21-14-20(27(34)29-11-12-31)24-19-5-3-4-6-22(19)35-26(24)25(21)33/h3-10,14,16,21,24-26,31,33H,11-13,15H2,1-2H3,(H,29,34)/t21-,24+,25+,26+/m1/s1. The van der Waals surface area contributed by atoms with E-state index in [9.17, 15) is 19.8 Å². The highest BCUT2D eigenvalue weighted by atomic mass is 35.5. The van der Waals surface area contributed by atoms with Gasteiger partial charge >= 0.3 is 0 Å². The largest absolute Gasteiger partial charge is 0.486 e. The van der Waals surface area contributed by atoms with E-state index < -0.39 is 24.2 Å². The van der Waals surface area contributed by atoms with Crippen molar-refractivity contribution >= 4 is 23.4 Å². The summed E-state index contributed by atoms with van der Waals surface area (Å²) in [5.41, 5.74) is 2.09. The molecule has 2 aromatic rings. The van der Waals surface area contributed by atoms with Crippen LogP contribution in [0, 0.1) is 5.92 Å². The summed E-state index contributed by atoms with van der Waals surface area (Å²) in [5.74, 6) is -0.227. The molecular formula is C27H31ClN2O5. The third kappa shape index (κ3) is 5.37. The van der Waals surface area contributed by atoms with Gasteiger partial charge in [0.25, 0.3) is 0 Å². The van der Waals surface area contributed by atoms with Crippen LogP contribution in [-0.2, 0) is 16.1 Å². The number of ether oxygens (including phenoxy) is 1. The molecule has 1 aliphatic carbocycles. The second-order valence-corrected chi connectivity index (χ2v) is 9.86. The van der Waals surface area contributed by atoms with Crippen molar-refractivity contribution in [1.29, 1.82) is 0 Å². The summed E-state index contributed by atoms with van der Waals surface area (Å²) in [5, 5.41) is 24.0. The number of nitrogens with one attached hydrogen (secondary N) is 1. The SMILES string of the molecule is CC(C)CC(=O)N(Cc1ccc(Cl)cc1)[C@@H]1C=C(C(=O)NCCO)[C@@H]2c3ccccc3O[C@@H]2[C@H]1O. The number of carbonyl (C=O) groups is 2. The molecule has 0 radical (unpaired) electrons. The number of hydrogen-bond acceptors (Lipinski definition) is 5. The summed E-state index contributed by atoms with van der Waals surface area (Å²) < 4.78 is 6.14. The molecule has 0 saturated heterocycles. The lowest BCUT2D eigenvalue weighted by Crippen LogP contribution is -2.55. The van der Waals surface area contributed by atoms with E-state index in [0.717, 1.165) is 11.1 Å². The van der Waals surface area contributed by atoms with E-state index in [2.05, 4.69) is 5.32 Å². The van der Waals surface area contributed by atoms with Crippen LogP contribution in [0.5, 0.6) is 5.75 Å². The molecular weight excluding hydrogens is 468 g/mol. The smallest absolute Gasteiger partial charge is 0.247 e. The molecule has 35 heavy (non-hydrogen) atoms. The maximum absolute atomic E-state index is 13.4. The van der Waals surface area contributed by atoms with Crippen LogP contribution in [0.15, 0.2) is 60.2 Å². The first-order chi connectivity index (χ1) is 16.8. The first-order valence-corrected chi connectivity index (χ1v) is 12.3. The molecule has 0 saturated carbocycles. The molecule has 4 rings (SSSR count). The van der Waals surface area contributed by atoms with Crippen LogP contribution in [0.1, 0.15) is 37.3 Å². The number of para-hydroxylation sites is 1. The Balaban J connectivity index is 1.75. The monoisotopic (exact) mass is 498 g/mol. The van der Waals surface area contributed by atoms with E-state index in [1.54, 1.807) is 23.1 Å². The molecule has 2 aliphatic rings. The van der Waals surface area contributed by atoms with Gasteiger partial charge in [0.15, 0.2) is 0 Å². The van der Waals surface area contributed by atoms with E-state index in [0.29, 0.717) is 22.8 Å². The molecule has 4 atom stereocenters. The molecule has 186 valence electrons. The minimum absolute atomic E-state index is 0.101. The summed E-state index contributed by atoms with van der Waals surface area (Å²) in [4.78, 5) is 28.2. The van der Waals surface area contributed by atoms with Crippen LogP contribution in [0.3, 0.4) is 0 Å². The molecule has 0 bridgehead atoms. The third-order valence-electron chi connectivity index (χ3n) is 6.41. The number of fused-ring (bicyclic) bond motifs is 3. The van der Waals surface area contributed by atoms with Crippen LogP contribution in [0.2, 0.25) is 5.02 Å². The van der Waals surface area contributed by atoms with Gasteiger partial charge in [0, 0.05) is 35.7 Å². The van der Waals surface area contributed by atoms with Crippen molar-refractivity contribution in [2.24, 2.45) is 5.92 Å². The molecule has 3 N–H and O–H groups in total. The lowest BCUT2D eigenvalue weighted by Gasteiger charge is -2.41. The van der Waals surface area contributed by atoms with Crippen LogP contribution in [-0.4, -0.2) is 58.3 Å². The van der Waals surface area contributed by atoms with Crippen molar-refractivity contribution in [1.82, 2.24) is 10.2 Å². The number of rotatable bonds is 8. The summed E-state index contributed by atoms with van der Waals surface area (Å²) in [7, 11) is 0. The Labute approximate surface area is 210 Å². The average molecular weight is 499 g/mol. The Kier molecular flexibility index (Phi) is 7.79. The van der Waals surface area contributed by atoms with Gasteiger partial charge in [-0.05, 0) is 35.8 Å². The third-order valence-corrected chi connectivity index (χ3v) is 6.66. The van der Waals surface area contributed by atoms with E-state index in [1.807, 2.05) is 50.2 Å². The van der Waals surface area contributed by atoms with Gasteiger partial charge in [-0.2, -0.15) is 0 Å². The van der Waals surface area contributed by atoms with Crippen molar-refractivity contribution in [3.8, 4) is 5.75 Å². The Hall–Kier alpha value is -2.87. The molecule has 1 heterocycles. The zero-order chi connectivity index (χ0) is 25.1. The summed E-state index contributed by atoms with van der Waals surface area (Å²) in [6.45, 7) is 4.08. The highest BCUT2D eigenvalue weighted by molar-refractivity contribution is 6.30. The Bertz CT molecular complexity index is 1100. The van der Waals surface area contributed by atoms with Crippen molar-refractivity contribution < 1.29 is 24.5 Å². The van der Waals surface area contributed by atoms with E-state index in [1.165, 1.54) is 0 Å². The number of aliphatic hydroxyl groups is 2. The summed E-state index contributed by atoms with van der Waals surface area (Å²) >= 11 is 6.04. The minimum Gasteiger partial charge on any atom is -0.486 e. The second kappa shape index (κ2) is 10.8. The van der Waals surface area contributed by atoms with Gasteiger partial charge in [0.1, 0.15) is 18.0 Å². The van der Waals surface area contributed by atoms with Gasteiger partial charge in [-0.1, -0.05) is 55.8 Å². The lowest BCUT2D eigenvalue weighted by molar-refractivity contribution is -0.138. The van der Waals surface area contributed by atoms with Gasteiger partial charge in [-0.3, -0.25) is 9.59 Å². The molecule has 8 heteroatoms. The maximum Gasteiger partial charge on any atom is 0.247 e. The van der Waals surface area contributed by atoms with E-state index in [-0.39, 0.29) is 37.4 Å². The van der Waals surface area contributed by atoms with Crippen molar-refractivity contribution in [2.75, 3.05) is 13.2 Å². The van der Waals surface area contributed by atoms with Crippen LogP contribution in [0.25, 0.3) is 0 Å². The average Bonchev–Trinajstić information content (AvgIpc) is 3.22. The number of benzene rings is 2. The topological polar surface area (TPSA) is 99.1 Å². The number of carbonyl (C=O) groups excluding carboxylic acids is 2. The fourth-order valence-corrected chi connectivity index (χ4v) is 4.93. The minimum atomic E-state index is -1.05. The molecule has 2 aromatic carbocycles. The van der Waals surface area contributed by atoms with E-state index >= 15 is 0 Å². The Morgan fingerprint density at radius 1 is 1.14 bits per heavy atom. The predicted octanol–water partition coefficient (Wildman–Crippen LogP) is 3.04. The molecule has 0 fully saturated rings. The molecule has 0 unspecified atom stereocenters. The predicted molar refractivity (Wildman–Crippen MR) is 133 cm³/mol. The van der Waals surface area contributed by atoms with Crippen molar-refractivity contribution in [2.45, 2.75) is 51.0 Å². The number of aliphatic hydroxyl groups excluding tert-OH is 2. The first-order valence-electron chi connectivity index (χ1n) is 11.9. The summed E-state index contributed by atoms with van der Waals surface area (Å²) in [6.07, 6.45) is 0.214. The molecule has 7 nitrogen and oxygen atoms in total. The number of nitrogens with zero attached hydrogens (tertiary/aromatic N) is 1. The van der Waals surface area contributed by atoms with Crippen LogP contribution in [0.4, 0.5) is 0 Å². The highest BCUT2D eigenvalue weighted by Gasteiger charge is 2.50. The van der Waals surface area contributed by atoms with Gasteiger partial charge in [-0.25, -0.2) is 0 Å². The Morgan fingerprint density at radius 2 is 1.86 bits per heavy atom. The van der Waals surface area contributed by atoms with Gasteiger partial charge in [0.2, 0.25) is 11.8 Å². The first kappa shape index (κ1) is 25.2. The van der Waals surface area contributed by atoms with Crippen LogP contribution < -0.4 is 10.1 Å². The number of amides is 2. The quantitative estimate of drug-likeness (QED) is 0.519. The zero-order valence-electron chi connectivity index (χ0n) is 19.9. The molecule has 2 amide bonds. The van der Waals surface area contributed by atoms with Gasteiger partial charge in [0.05, 0.1) is 18.6 Å². The normalized spacial score (nSPS) is 22.6. The highest BCUT2D eigenvalue weighted by Crippen LogP contribution is 2.47. The fourth-order valence-electron chi connectivity index (χ4n) is 4.80. The van der Waals surface area contributed by atoms with E-state index in [4.69, 9.17) is 16.3 Å². The second-order valence-electron chi connectivity index (χ2n) is 9.43. The number of hydrogen-bond donors (Lipinski definition) is 3. The fraction of sp³-hybridized carbons (Fsp3) is 0.407. The zero-order valence-corrected chi connectivity index (χ0v) is 20.6. The molecule has 1 aliphatic heterocycles. The Morgan fingerprint density at radius 3 is 2.54 bits per heavy atom. The maximum atomic E-state index is 13.4. The summed E-state index contributed by atoms with van der Waals surface area (Å²) in [6, 6.07) is 13.8. The van der Waals surface area contributed by atoms with Gasteiger partial charge in [-0.15, -0.1) is 0 Å². The van der Waals surface area contributed by atoms with Crippen LogP contribution >= 0.6 is 11.6 Å². The number of halogens is 1.